The second kappa shape index (κ2) is 6.79. The van der Waals surface area contributed by atoms with E-state index in [4.69, 9.17) is 5.73 Å². The minimum Gasteiger partial charge on any atom is -0.368 e. The number of carbonyl (C=O) groups is 2. The van der Waals surface area contributed by atoms with Gasteiger partial charge in [-0.1, -0.05) is 29.8 Å². The molecule has 0 spiro atoms. The third kappa shape index (κ3) is 4.99. The number of nitrogens with zero attached hydrogens (tertiary/aromatic N) is 1. The van der Waals surface area contributed by atoms with Crippen molar-refractivity contribution in [2.45, 2.75) is 26.2 Å². The molecule has 1 aromatic carbocycles. The number of carbonyl (C=O) groups excluding carboxylic acids is 2. The maximum absolute atomic E-state index is 11.6. The Bertz CT molecular complexity index is 412. The van der Waals surface area contributed by atoms with Gasteiger partial charge in [0.15, 0.2) is 0 Å². The molecule has 2 N–H and O–H groups in total. The zero-order valence-electron chi connectivity index (χ0n) is 11.0. The molecule has 0 heterocycles. The van der Waals surface area contributed by atoms with Crippen molar-refractivity contribution in [3.05, 3.63) is 35.4 Å². The van der Waals surface area contributed by atoms with Crippen LogP contribution in [-0.2, 0) is 16.0 Å². The van der Waals surface area contributed by atoms with Gasteiger partial charge in [0.1, 0.15) is 0 Å². The highest BCUT2D eigenvalue weighted by atomic mass is 16.2. The first-order valence-corrected chi connectivity index (χ1v) is 6.07. The number of primary amides is 1. The molecule has 1 aromatic rings. The predicted octanol–water partition coefficient (Wildman–Crippen LogP) is 1.26. The molecule has 18 heavy (non-hydrogen) atoms. The van der Waals surface area contributed by atoms with Crippen LogP contribution in [0.5, 0.6) is 0 Å². The maximum Gasteiger partial charge on any atom is 0.237 e. The summed E-state index contributed by atoms with van der Waals surface area (Å²) in [5.74, 6) is -0.523. The number of rotatable bonds is 6. The van der Waals surface area contributed by atoms with Gasteiger partial charge in [-0.3, -0.25) is 9.59 Å². The summed E-state index contributed by atoms with van der Waals surface area (Å²) in [6.45, 7) is 2.04. The highest BCUT2D eigenvalue weighted by Crippen LogP contribution is 2.07. The molecule has 0 saturated heterocycles. The summed E-state index contributed by atoms with van der Waals surface area (Å²) in [6.07, 6.45) is 2.10. The van der Waals surface area contributed by atoms with Crippen LogP contribution < -0.4 is 5.73 Å². The number of hydrogen-bond donors (Lipinski definition) is 1. The Morgan fingerprint density at radius 2 is 1.83 bits per heavy atom. The molecular formula is C14H20N2O2. The fraction of sp³-hybridized carbons (Fsp3) is 0.429. The number of benzene rings is 1. The van der Waals surface area contributed by atoms with Gasteiger partial charge in [0.2, 0.25) is 11.8 Å². The SMILES string of the molecule is Cc1ccc(CCCC(=O)N(C)CC(N)=O)cc1. The zero-order chi connectivity index (χ0) is 13.5. The van der Waals surface area contributed by atoms with Crippen molar-refractivity contribution in [1.82, 2.24) is 4.90 Å². The summed E-state index contributed by atoms with van der Waals surface area (Å²) in [5.41, 5.74) is 7.49. The lowest BCUT2D eigenvalue weighted by atomic mass is 10.1. The molecular weight excluding hydrogens is 228 g/mol. The van der Waals surface area contributed by atoms with Crippen LogP contribution in [0.4, 0.5) is 0 Å². The monoisotopic (exact) mass is 248 g/mol. The highest BCUT2D eigenvalue weighted by Gasteiger charge is 2.10. The fourth-order valence-electron chi connectivity index (χ4n) is 1.71. The first-order valence-electron chi connectivity index (χ1n) is 6.07. The quantitative estimate of drug-likeness (QED) is 0.823. The van der Waals surface area contributed by atoms with E-state index in [-0.39, 0.29) is 12.5 Å². The molecule has 0 bridgehead atoms. The second-order valence-corrected chi connectivity index (χ2v) is 4.56. The molecule has 4 heteroatoms. The van der Waals surface area contributed by atoms with Gasteiger partial charge in [0.25, 0.3) is 0 Å². The molecule has 0 aromatic heterocycles. The number of aryl methyl sites for hydroxylation is 2. The number of nitrogens with two attached hydrogens (primary N) is 1. The number of likely N-dealkylation sites (N-methyl/N-ethyl adjacent to an activating group) is 1. The zero-order valence-corrected chi connectivity index (χ0v) is 11.0. The third-order valence-corrected chi connectivity index (χ3v) is 2.80. The maximum atomic E-state index is 11.6. The van der Waals surface area contributed by atoms with Gasteiger partial charge in [-0.2, -0.15) is 0 Å². The average molecular weight is 248 g/mol. The van der Waals surface area contributed by atoms with Crippen molar-refractivity contribution < 1.29 is 9.59 Å². The lowest BCUT2D eigenvalue weighted by Gasteiger charge is -2.14. The van der Waals surface area contributed by atoms with Crippen LogP contribution in [0.2, 0.25) is 0 Å². The van der Waals surface area contributed by atoms with Crippen molar-refractivity contribution >= 4 is 11.8 Å². The van der Waals surface area contributed by atoms with Crippen LogP contribution in [0.25, 0.3) is 0 Å². The molecule has 98 valence electrons. The Morgan fingerprint density at radius 1 is 1.22 bits per heavy atom. The van der Waals surface area contributed by atoms with E-state index >= 15 is 0 Å². The Morgan fingerprint density at radius 3 is 2.39 bits per heavy atom. The summed E-state index contributed by atoms with van der Waals surface area (Å²) in [6, 6.07) is 8.28. The molecule has 0 aliphatic rings. The fourth-order valence-corrected chi connectivity index (χ4v) is 1.71. The van der Waals surface area contributed by atoms with E-state index in [1.807, 2.05) is 6.92 Å². The van der Waals surface area contributed by atoms with Crippen LogP contribution in [0.1, 0.15) is 24.0 Å². The Labute approximate surface area is 108 Å². The summed E-state index contributed by atoms with van der Waals surface area (Å²) < 4.78 is 0. The van der Waals surface area contributed by atoms with Gasteiger partial charge >= 0.3 is 0 Å². The minimum absolute atomic E-state index is 0.0106. The Kier molecular flexibility index (Phi) is 5.36. The summed E-state index contributed by atoms with van der Waals surface area (Å²) >= 11 is 0. The van der Waals surface area contributed by atoms with E-state index in [1.165, 1.54) is 16.0 Å². The van der Waals surface area contributed by atoms with Crippen LogP contribution in [0.15, 0.2) is 24.3 Å². The topological polar surface area (TPSA) is 63.4 Å². The summed E-state index contributed by atoms with van der Waals surface area (Å²) in [7, 11) is 1.60. The smallest absolute Gasteiger partial charge is 0.237 e. The van der Waals surface area contributed by atoms with Gasteiger partial charge in [-0.25, -0.2) is 0 Å². The minimum atomic E-state index is -0.482. The molecule has 0 aliphatic heterocycles. The molecule has 0 atom stereocenters. The number of hydrogen-bond acceptors (Lipinski definition) is 2. The summed E-state index contributed by atoms with van der Waals surface area (Å²) in [4.78, 5) is 23.7. The van der Waals surface area contributed by atoms with E-state index in [1.54, 1.807) is 7.05 Å². The highest BCUT2D eigenvalue weighted by molar-refractivity contribution is 5.83. The molecule has 0 saturated carbocycles. The first kappa shape index (κ1) is 14.2. The Hall–Kier alpha value is -1.84. The van der Waals surface area contributed by atoms with Crippen LogP contribution in [-0.4, -0.2) is 30.3 Å². The molecule has 4 nitrogen and oxygen atoms in total. The van der Waals surface area contributed by atoms with Gasteiger partial charge < -0.3 is 10.6 Å². The first-order chi connectivity index (χ1) is 8.49. The lowest BCUT2D eigenvalue weighted by molar-refractivity contribution is -0.133. The van der Waals surface area contributed by atoms with Gasteiger partial charge in [-0.05, 0) is 25.3 Å². The molecule has 1 rings (SSSR count). The van der Waals surface area contributed by atoms with Crippen molar-refractivity contribution in [2.75, 3.05) is 13.6 Å². The lowest BCUT2D eigenvalue weighted by Crippen LogP contribution is -2.35. The normalized spacial score (nSPS) is 10.1. The molecule has 0 aliphatic carbocycles. The predicted molar refractivity (Wildman–Crippen MR) is 70.9 cm³/mol. The van der Waals surface area contributed by atoms with E-state index < -0.39 is 5.91 Å². The van der Waals surface area contributed by atoms with Crippen molar-refractivity contribution in [2.24, 2.45) is 5.73 Å². The van der Waals surface area contributed by atoms with Crippen molar-refractivity contribution in [3.63, 3.8) is 0 Å². The van der Waals surface area contributed by atoms with E-state index in [0.29, 0.717) is 6.42 Å². The Balaban J connectivity index is 2.31. The van der Waals surface area contributed by atoms with E-state index in [9.17, 15) is 9.59 Å². The largest absolute Gasteiger partial charge is 0.368 e. The van der Waals surface area contributed by atoms with Gasteiger partial charge in [0, 0.05) is 13.5 Å². The molecule has 0 fully saturated rings. The van der Waals surface area contributed by atoms with Crippen molar-refractivity contribution in [3.8, 4) is 0 Å². The average Bonchev–Trinajstić information content (AvgIpc) is 2.30. The van der Waals surface area contributed by atoms with Crippen molar-refractivity contribution in [1.29, 1.82) is 0 Å². The van der Waals surface area contributed by atoms with Gasteiger partial charge in [0.05, 0.1) is 6.54 Å². The van der Waals surface area contributed by atoms with Crippen LogP contribution in [0.3, 0.4) is 0 Å². The summed E-state index contributed by atoms with van der Waals surface area (Å²) in [5, 5.41) is 0. The molecule has 0 radical (unpaired) electrons. The molecule has 0 unspecified atom stereocenters. The van der Waals surface area contributed by atoms with E-state index in [2.05, 4.69) is 24.3 Å². The second-order valence-electron chi connectivity index (χ2n) is 4.56. The van der Waals surface area contributed by atoms with E-state index in [0.717, 1.165) is 12.8 Å². The van der Waals surface area contributed by atoms with Crippen LogP contribution >= 0.6 is 0 Å². The standard InChI is InChI=1S/C14H20N2O2/c1-11-6-8-12(9-7-11)4-3-5-14(18)16(2)10-13(15)17/h6-9H,3-5,10H2,1-2H3,(H2,15,17). The van der Waals surface area contributed by atoms with Gasteiger partial charge in [-0.15, -0.1) is 0 Å². The number of amides is 2. The molecule has 2 amide bonds. The van der Waals surface area contributed by atoms with Crippen LogP contribution in [0, 0.1) is 6.92 Å². The third-order valence-electron chi connectivity index (χ3n) is 2.80.